The van der Waals surface area contributed by atoms with E-state index in [4.69, 9.17) is 0 Å². The number of hydrogen-bond donors (Lipinski definition) is 0. The first-order chi connectivity index (χ1) is 7.27. The molecule has 0 N–H and O–H groups in total. The number of unbranched alkanes of at least 4 members (excludes halogenated alkanes) is 1. The summed E-state index contributed by atoms with van der Waals surface area (Å²) >= 11 is 1.57. The lowest BCUT2D eigenvalue weighted by atomic mass is 9.93. The molecule has 0 saturated heterocycles. The molecule has 84 valence electrons. The van der Waals surface area contributed by atoms with E-state index in [-0.39, 0.29) is 5.92 Å². The maximum absolute atomic E-state index is 11.9. The molecule has 0 aliphatic heterocycles. The Kier molecular flexibility index (Phi) is 5.54. The van der Waals surface area contributed by atoms with Crippen molar-refractivity contribution in [1.29, 1.82) is 0 Å². The van der Waals surface area contributed by atoms with Crippen molar-refractivity contribution in [2.24, 2.45) is 5.92 Å². The predicted octanol–water partition coefficient (Wildman–Crippen LogP) is 3.47. The van der Waals surface area contributed by atoms with Gasteiger partial charge in [0.15, 0.2) is 0 Å². The standard InChI is InChI=1S/C12H19NOS/c1-3-5-6-10(4-2)12(14)7-11-8-13-9-15-11/h8-10H,3-7H2,1-2H3. The van der Waals surface area contributed by atoms with Crippen LogP contribution in [0.4, 0.5) is 0 Å². The molecule has 3 heteroatoms. The summed E-state index contributed by atoms with van der Waals surface area (Å²) in [5.74, 6) is 0.641. The Morgan fingerprint density at radius 2 is 2.33 bits per heavy atom. The molecule has 0 spiro atoms. The molecule has 1 aromatic rings. The van der Waals surface area contributed by atoms with Gasteiger partial charge in [-0.25, -0.2) is 0 Å². The van der Waals surface area contributed by atoms with E-state index in [1.165, 1.54) is 6.42 Å². The number of ketones is 1. The van der Waals surface area contributed by atoms with E-state index < -0.39 is 0 Å². The van der Waals surface area contributed by atoms with Crippen LogP contribution in [0.1, 0.15) is 44.4 Å². The minimum atomic E-state index is 0.257. The van der Waals surface area contributed by atoms with Gasteiger partial charge in [-0.05, 0) is 12.8 Å². The van der Waals surface area contributed by atoms with Gasteiger partial charge in [-0.3, -0.25) is 9.78 Å². The molecule has 0 radical (unpaired) electrons. The molecule has 0 amide bonds. The summed E-state index contributed by atoms with van der Waals surface area (Å²) in [7, 11) is 0. The average Bonchev–Trinajstić information content (AvgIpc) is 2.71. The van der Waals surface area contributed by atoms with E-state index in [1.54, 1.807) is 23.0 Å². The summed E-state index contributed by atoms with van der Waals surface area (Å²) in [6.45, 7) is 4.27. The molecule has 0 aliphatic carbocycles. The van der Waals surface area contributed by atoms with Crippen LogP contribution in [0.2, 0.25) is 0 Å². The average molecular weight is 225 g/mol. The normalized spacial score (nSPS) is 12.7. The highest BCUT2D eigenvalue weighted by molar-refractivity contribution is 7.09. The maximum atomic E-state index is 11.9. The Hall–Kier alpha value is -0.700. The van der Waals surface area contributed by atoms with E-state index >= 15 is 0 Å². The summed E-state index contributed by atoms with van der Waals surface area (Å²) in [6, 6.07) is 0. The molecule has 1 rings (SSSR count). The molecule has 0 aromatic carbocycles. The first-order valence-corrected chi connectivity index (χ1v) is 6.56. The van der Waals surface area contributed by atoms with Gasteiger partial charge < -0.3 is 0 Å². The first-order valence-electron chi connectivity index (χ1n) is 5.68. The zero-order chi connectivity index (χ0) is 11.1. The summed E-state index contributed by atoms with van der Waals surface area (Å²) in [5, 5.41) is 0. The Morgan fingerprint density at radius 3 is 2.87 bits per heavy atom. The van der Waals surface area contributed by atoms with Crippen molar-refractivity contribution in [2.45, 2.75) is 46.0 Å². The number of thiazole rings is 1. The summed E-state index contributed by atoms with van der Waals surface area (Å²) < 4.78 is 0. The van der Waals surface area contributed by atoms with Crippen LogP contribution in [0, 0.1) is 5.92 Å². The van der Waals surface area contributed by atoms with Crippen LogP contribution in [-0.2, 0) is 11.2 Å². The topological polar surface area (TPSA) is 30.0 Å². The zero-order valence-corrected chi connectivity index (χ0v) is 10.3. The third-order valence-corrected chi connectivity index (χ3v) is 3.47. The van der Waals surface area contributed by atoms with Gasteiger partial charge in [-0.2, -0.15) is 0 Å². The minimum Gasteiger partial charge on any atom is -0.299 e. The third kappa shape index (κ3) is 4.12. The highest BCUT2D eigenvalue weighted by Crippen LogP contribution is 2.17. The number of hydrogen-bond acceptors (Lipinski definition) is 3. The van der Waals surface area contributed by atoms with E-state index in [0.29, 0.717) is 12.2 Å². The lowest BCUT2D eigenvalue weighted by molar-refractivity contribution is -0.122. The van der Waals surface area contributed by atoms with Crippen molar-refractivity contribution >= 4 is 17.1 Å². The Labute approximate surface area is 95.7 Å². The monoisotopic (exact) mass is 225 g/mol. The summed E-state index contributed by atoms with van der Waals surface area (Å²) in [6.07, 6.45) is 6.72. The molecule has 1 atom stereocenters. The molecular formula is C12H19NOS. The fourth-order valence-corrected chi connectivity index (χ4v) is 2.29. The number of rotatable bonds is 7. The number of nitrogens with zero attached hydrogens (tertiary/aromatic N) is 1. The van der Waals surface area contributed by atoms with Crippen LogP contribution in [0.3, 0.4) is 0 Å². The van der Waals surface area contributed by atoms with Crippen molar-refractivity contribution in [1.82, 2.24) is 4.98 Å². The van der Waals surface area contributed by atoms with Crippen LogP contribution >= 0.6 is 11.3 Å². The molecule has 0 saturated carbocycles. The Bertz CT molecular complexity index is 282. The molecule has 1 heterocycles. The summed E-state index contributed by atoms with van der Waals surface area (Å²) in [5.41, 5.74) is 1.79. The molecule has 2 nitrogen and oxygen atoms in total. The highest BCUT2D eigenvalue weighted by Gasteiger charge is 2.16. The van der Waals surface area contributed by atoms with Gasteiger partial charge >= 0.3 is 0 Å². The first kappa shape index (κ1) is 12.4. The molecule has 0 aliphatic rings. The van der Waals surface area contributed by atoms with Gasteiger partial charge in [0.25, 0.3) is 0 Å². The van der Waals surface area contributed by atoms with Gasteiger partial charge in [0.2, 0.25) is 0 Å². The van der Waals surface area contributed by atoms with Crippen molar-refractivity contribution in [3.05, 3.63) is 16.6 Å². The Balaban J connectivity index is 2.43. The van der Waals surface area contributed by atoms with Gasteiger partial charge in [-0.1, -0.05) is 26.7 Å². The zero-order valence-electron chi connectivity index (χ0n) is 9.53. The van der Waals surface area contributed by atoms with E-state index in [0.717, 1.165) is 24.1 Å². The van der Waals surface area contributed by atoms with Gasteiger partial charge in [0, 0.05) is 23.4 Å². The molecule has 1 unspecified atom stereocenters. The highest BCUT2D eigenvalue weighted by atomic mass is 32.1. The van der Waals surface area contributed by atoms with Crippen molar-refractivity contribution in [3.63, 3.8) is 0 Å². The fraction of sp³-hybridized carbons (Fsp3) is 0.667. The number of aromatic nitrogens is 1. The van der Waals surface area contributed by atoms with Crippen LogP contribution < -0.4 is 0 Å². The second-order valence-corrected chi connectivity index (χ2v) is 4.83. The van der Waals surface area contributed by atoms with Gasteiger partial charge in [-0.15, -0.1) is 11.3 Å². The third-order valence-electron chi connectivity index (χ3n) is 2.69. The van der Waals surface area contributed by atoms with Gasteiger partial charge in [0.05, 0.1) is 5.51 Å². The predicted molar refractivity (Wildman–Crippen MR) is 64.1 cm³/mol. The minimum absolute atomic E-state index is 0.257. The van der Waals surface area contributed by atoms with E-state index in [9.17, 15) is 4.79 Å². The van der Waals surface area contributed by atoms with Crippen LogP contribution in [0.25, 0.3) is 0 Å². The van der Waals surface area contributed by atoms with Gasteiger partial charge in [0.1, 0.15) is 5.78 Å². The molecule has 1 aromatic heterocycles. The number of carbonyl (C=O) groups is 1. The second kappa shape index (κ2) is 6.72. The number of carbonyl (C=O) groups excluding carboxylic acids is 1. The summed E-state index contributed by atoms with van der Waals surface area (Å²) in [4.78, 5) is 17.0. The smallest absolute Gasteiger partial charge is 0.141 e. The molecule has 15 heavy (non-hydrogen) atoms. The van der Waals surface area contributed by atoms with Crippen LogP contribution in [-0.4, -0.2) is 10.8 Å². The Morgan fingerprint density at radius 1 is 1.53 bits per heavy atom. The molecule has 0 fully saturated rings. The largest absolute Gasteiger partial charge is 0.299 e. The van der Waals surface area contributed by atoms with Crippen molar-refractivity contribution in [3.8, 4) is 0 Å². The van der Waals surface area contributed by atoms with E-state index in [1.807, 2.05) is 0 Å². The fourth-order valence-electron chi connectivity index (χ4n) is 1.69. The SMILES string of the molecule is CCCCC(CC)C(=O)Cc1cncs1. The molecule has 0 bridgehead atoms. The van der Waals surface area contributed by atoms with E-state index in [2.05, 4.69) is 18.8 Å². The van der Waals surface area contributed by atoms with Crippen LogP contribution in [0.15, 0.2) is 11.7 Å². The number of Topliss-reactive ketones (excluding diaryl/α,β-unsaturated/α-hetero) is 1. The lowest BCUT2D eigenvalue weighted by Crippen LogP contribution is -2.15. The van der Waals surface area contributed by atoms with Crippen LogP contribution in [0.5, 0.6) is 0 Å². The maximum Gasteiger partial charge on any atom is 0.141 e. The van der Waals surface area contributed by atoms with Crippen molar-refractivity contribution < 1.29 is 4.79 Å². The molecular weight excluding hydrogens is 206 g/mol. The quantitative estimate of drug-likeness (QED) is 0.711. The van der Waals surface area contributed by atoms with Crippen molar-refractivity contribution in [2.75, 3.05) is 0 Å². The second-order valence-electron chi connectivity index (χ2n) is 3.86. The lowest BCUT2D eigenvalue weighted by Gasteiger charge is -2.11.